The van der Waals surface area contributed by atoms with Crippen molar-refractivity contribution in [3.8, 4) is 0 Å². The van der Waals surface area contributed by atoms with Crippen LogP contribution >= 0.6 is 23.2 Å². The highest BCUT2D eigenvalue weighted by atomic mass is 35.5. The second-order valence-electron chi connectivity index (χ2n) is 5.50. The number of nitrogens with one attached hydrogen (secondary N) is 1. The Hall–Kier alpha value is -0.890. The van der Waals surface area contributed by atoms with Crippen LogP contribution in [0.1, 0.15) is 20.8 Å². The molecule has 0 bridgehead atoms. The summed E-state index contributed by atoms with van der Waals surface area (Å²) in [4.78, 5) is 15.4. The summed E-state index contributed by atoms with van der Waals surface area (Å²) in [7, 11) is -2.56. The van der Waals surface area contributed by atoms with Crippen LogP contribution in [0.2, 0.25) is 10.2 Å². The number of hydrogen-bond donors (Lipinski definition) is 1. The summed E-state index contributed by atoms with van der Waals surface area (Å²) in [5.74, 6) is -0.401. The zero-order valence-corrected chi connectivity index (χ0v) is 14.5. The van der Waals surface area contributed by atoms with Gasteiger partial charge in [-0.1, -0.05) is 23.2 Å². The zero-order chi connectivity index (χ0) is 16.4. The molecular weight excluding hydrogens is 337 g/mol. The van der Waals surface area contributed by atoms with Gasteiger partial charge in [-0.15, -0.1) is 0 Å². The number of carbonyl (C=O) groups excluding carboxylic acids is 1. The van der Waals surface area contributed by atoms with E-state index in [0.717, 1.165) is 10.5 Å². The van der Waals surface area contributed by atoms with Crippen molar-refractivity contribution in [3.05, 3.63) is 22.4 Å². The molecule has 1 heterocycles. The number of hydrogen-bond acceptors (Lipinski definition) is 4. The van der Waals surface area contributed by atoms with Crippen LogP contribution in [0, 0.1) is 0 Å². The number of pyridine rings is 1. The largest absolute Gasteiger partial charge is 0.350 e. The quantitative estimate of drug-likeness (QED) is 0.838. The molecule has 0 atom stereocenters. The topological polar surface area (TPSA) is 79.4 Å². The Kier molecular flexibility index (Phi) is 5.60. The lowest BCUT2D eigenvalue weighted by atomic mass is 10.1. The Labute approximate surface area is 134 Å². The summed E-state index contributed by atoms with van der Waals surface area (Å²) in [6.07, 6.45) is 1.10. The summed E-state index contributed by atoms with van der Waals surface area (Å²) >= 11 is 11.4. The van der Waals surface area contributed by atoms with Crippen molar-refractivity contribution >= 4 is 39.1 Å². The van der Waals surface area contributed by atoms with Gasteiger partial charge in [0.05, 0.1) is 11.6 Å². The van der Waals surface area contributed by atoms with E-state index in [1.807, 2.05) is 20.8 Å². The normalized spacial score (nSPS) is 12.5. The summed E-state index contributed by atoms with van der Waals surface area (Å²) in [6.45, 7) is 5.12. The Bertz CT molecular complexity index is 642. The van der Waals surface area contributed by atoms with E-state index in [1.165, 1.54) is 13.1 Å². The van der Waals surface area contributed by atoms with E-state index >= 15 is 0 Å². The molecular formula is C12H17Cl2N3O3S. The van der Waals surface area contributed by atoms with Crippen LogP contribution in [0.4, 0.5) is 0 Å². The number of rotatable bonds is 4. The molecule has 0 unspecified atom stereocenters. The van der Waals surface area contributed by atoms with E-state index in [9.17, 15) is 13.2 Å². The minimum Gasteiger partial charge on any atom is -0.350 e. The molecule has 1 aromatic rings. The third-order valence-corrected chi connectivity index (χ3v) is 4.81. The molecule has 0 aliphatic rings. The fourth-order valence-corrected chi connectivity index (χ4v) is 2.90. The zero-order valence-electron chi connectivity index (χ0n) is 12.1. The van der Waals surface area contributed by atoms with E-state index in [2.05, 4.69) is 10.3 Å². The van der Waals surface area contributed by atoms with Gasteiger partial charge in [-0.2, -0.15) is 4.31 Å². The summed E-state index contributed by atoms with van der Waals surface area (Å²) in [6, 6.07) is 1.20. The standard InChI is InChI=1S/C12H17Cl2N3O3S/c1-12(2,3)16-10(18)7-17(4)21(19,20)8-5-9(13)11(14)15-6-8/h5-6H,7H2,1-4H3,(H,16,18). The minimum atomic E-state index is -3.86. The lowest BCUT2D eigenvalue weighted by Crippen LogP contribution is -2.46. The minimum absolute atomic E-state index is 0.0174. The second-order valence-corrected chi connectivity index (χ2v) is 8.31. The first kappa shape index (κ1) is 18.2. The van der Waals surface area contributed by atoms with E-state index in [-0.39, 0.29) is 21.6 Å². The van der Waals surface area contributed by atoms with Gasteiger partial charge < -0.3 is 5.32 Å². The first-order valence-corrected chi connectivity index (χ1v) is 8.21. The molecule has 0 fully saturated rings. The van der Waals surface area contributed by atoms with Crippen LogP contribution in [-0.2, 0) is 14.8 Å². The SMILES string of the molecule is CN(CC(=O)NC(C)(C)C)S(=O)(=O)c1cnc(Cl)c(Cl)c1. The first-order valence-electron chi connectivity index (χ1n) is 6.02. The fraction of sp³-hybridized carbons (Fsp3) is 0.500. The molecule has 6 nitrogen and oxygen atoms in total. The van der Waals surface area contributed by atoms with Crippen molar-refractivity contribution in [3.63, 3.8) is 0 Å². The molecule has 118 valence electrons. The molecule has 1 aromatic heterocycles. The Balaban J connectivity index is 2.92. The van der Waals surface area contributed by atoms with Crippen LogP contribution in [0.5, 0.6) is 0 Å². The number of aromatic nitrogens is 1. The van der Waals surface area contributed by atoms with Crippen molar-refractivity contribution in [2.24, 2.45) is 0 Å². The van der Waals surface area contributed by atoms with Gasteiger partial charge in [-0.05, 0) is 26.8 Å². The smallest absolute Gasteiger partial charge is 0.244 e. The Morgan fingerprint density at radius 1 is 1.38 bits per heavy atom. The van der Waals surface area contributed by atoms with Crippen LogP contribution in [0.25, 0.3) is 0 Å². The molecule has 0 aliphatic carbocycles. The third-order valence-electron chi connectivity index (χ3n) is 2.36. The van der Waals surface area contributed by atoms with E-state index in [4.69, 9.17) is 23.2 Å². The highest BCUT2D eigenvalue weighted by molar-refractivity contribution is 7.89. The van der Waals surface area contributed by atoms with Gasteiger partial charge in [0.2, 0.25) is 15.9 Å². The highest BCUT2D eigenvalue weighted by Crippen LogP contribution is 2.23. The number of nitrogens with zero attached hydrogens (tertiary/aromatic N) is 2. The number of halogens is 2. The Morgan fingerprint density at radius 2 is 1.95 bits per heavy atom. The summed E-state index contributed by atoms with van der Waals surface area (Å²) in [5.41, 5.74) is -0.438. The second kappa shape index (κ2) is 6.48. The van der Waals surface area contributed by atoms with Crippen molar-refractivity contribution in [2.75, 3.05) is 13.6 Å². The molecule has 0 saturated carbocycles. The molecule has 0 spiro atoms. The van der Waals surface area contributed by atoms with Gasteiger partial charge in [0.25, 0.3) is 0 Å². The van der Waals surface area contributed by atoms with Crippen LogP contribution < -0.4 is 5.32 Å². The fourth-order valence-electron chi connectivity index (χ4n) is 1.47. The average Bonchev–Trinajstić information content (AvgIpc) is 2.29. The molecule has 21 heavy (non-hydrogen) atoms. The molecule has 9 heteroatoms. The van der Waals surface area contributed by atoms with E-state index < -0.39 is 21.5 Å². The number of sulfonamides is 1. The molecule has 0 aliphatic heterocycles. The van der Waals surface area contributed by atoms with Gasteiger partial charge in [0, 0.05) is 18.8 Å². The van der Waals surface area contributed by atoms with Gasteiger partial charge in [-0.3, -0.25) is 4.79 Å². The van der Waals surface area contributed by atoms with E-state index in [1.54, 1.807) is 0 Å². The van der Waals surface area contributed by atoms with Crippen molar-refractivity contribution in [1.82, 2.24) is 14.6 Å². The molecule has 1 rings (SSSR count). The lowest BCUT2D eigenvalue weighted by Gasteiger charge is -2.23. The average molecular weight is 354 g/mol. The van der Waals surface area contributed by atoms with E-state index in [0.29, 0.717) is 0 Å². The monoisotopic (exact) mass is 353 g/mol. The molecule has 1 amide bonds. The maximum absolute atomic E-state index is 12.3. The van der Waals surface area contributed by atoms with Crippen LogP contribution in [-0.4, -0.2) is 42.7 Å². The number of carbonyl (C=O) groups is 1. The molecule has 0 saturated heterocycles. The summed E-state index contributed by atoms with van der Waals surface area (Å²) in [5, 5.41) is 2.74. The van der Waals surface area contributed by atoms with Gasteiger partial charge >= 0.3 is 0 Å². The molecule has 0 radical (unpaired) electrons. The van der Waals surface area contributed by atoms with Crippen molar-refractivity contribution in [1.29, 1.82) is 0 Å². The van der Waals surface area contributed by atoms with Crippen LogP contribution in [0.15, 0.2) is 17.2 Å². The maximum Gasteiger partial charge on any atom is 0.244 e. The number of amides is 1. The molecule has 1 N–H and O–H groups in total. The predicted octanol–water partition coefficient (Wildman–Crippen LogP) is 1.92. The van der Waals surface area contributed by atoms with Crippen molar-refractivity contribution in [2.45, 2.75) is 31.2 Å². The maximum atomic E-state index is 12.3. The molecule has 0 aromatic carbocycles. The Morgan fingerprint density at radius 3 is 2.43 bits per heavy atom. The van der Waals surface area contributed by atoms with Gasteiger partial charge in [0.15, 0.2) is 0 Å². The highest BCUT2D eigenvalue weighted by Gasteiger charge is 2.25. The first-order chi connectivity index (χ1) is 9.43. The third kappa shape index (κ3) is 5.10. The van der Waals surface area contributed by atoms with Crippen LogP contribution in [0.3, 0.4) is 0 Å². The van der Waals surface area contributed by atoms with Crippen molar-refractivity contribution < 1.29 is 13.2 Å². The lowest BCUT2D eigenvalue weighted by molar-refractivity contribution is -0.122. The van der Waals surface area contributed by atoms with Gasteiger partial charge in [-0.25, -0.2) is 13.4 Å². The summed E-state index contributed by atoms with van der Waals surface area (Å²) < 4.78 is 25.5. The number of likely N-dealkylation sites (N-methyl/N-ethyl adjacent to an activating group) is 1. The predicted molar refractivity (Wildman–Crippen MR) is 82.0 cm³/mol. The van der Waals surface area contributed by atoms with Gasteiger partial charge in [0.1, 0.15) is 10.0 Å².